The van der Waals surface area contributed by atoms with Crippen molar-refractivity contribution in [2.24, 2.45) is 0 Å². The molecule has 7 heteroatoms. The number of nitrogens with zero attached hydrogens (tertiary/aromatic N) is 4. The molecular weight excluding hydrogens is 338 g/mol. The summed E-state index contributed by atoms with van der Waals surface area (Å²) < 4.78 is 0. The summed E-state index contributed by atoms with van der Waals surface area (Å²) in [5.74, 6) is 0.747. The number of hydrogen-bond acceptors (Lipinski definition) is 7. The molecule has 0 aliphatic carbocycles. The average Bonchev–Trinajstić information content (AvgIpc) is 2.71. The number of nitrogen functional groups attached to an aromatic ring is 2. The predicted octanol–water partition coefficient (Wildman–Crippen LogP) is 3.42. The van der Waals surface area contributed by atoms with Crippen molar-refractivity contribution in [3.63, 3.8) is 0 Å². The summed E-state index contributed by atoms with van der Waals surface area (Å²) in [5, 5.41) is 4.36. The zero-order valence-corrected chi connectivity index (χ0v) is 14.8. The summed E-state index contributed by atoms with van der Waals surface area (Å²) in [5.41, 5.74) is 16.0. The van der Waals surface area contributed by atoms with Crippen LogP contribution >= 0.6 is 0 Å². The smallest absolute Gasteiger partial charge is 0.155 e. The van der Waals surface area contributed by atoms with E-state index in [0.29, 0.717) is 11.5 Å². The normalized spacial score (nSPS) is 12.0. The van der Waals surface area contributed by atoms with Gasteiger partial charge >= 0.3 is 0 Å². The number of anilines is 3. The highest BCUT2D eigenvalue weighted by molar-refractivity contribution is 5.95. The second kappa shape index (κ2) is 6.87. The van der Waals surface area contributed by atoms with Crippen LogP contribution in [-0.4, -0.2) is 19.9 Å². The van der Waals surface area contributed by atoms with Crippen molar-refractivity contribution in [1.29, 1.82) is 0 Å². The minimum Gasteiger partial charge on any atom is -0.393 e. The molecule has 7 nitrogen and oxygen atoms in total. The number of para-hydroxylation sites is 1. The molecule has 27 heavy (non-hydrogen) atoms. The van der Waals surface area contributed by atoms with E-state index in [1.807, 2.05) is 49.5 Å². The van der Waals surface area contributed by atoms with E-state index in [9.17, 15) is 0 Å². The van der Waals surface area contributed by atoms with E-state index in [1.165, 1.54) is 6.33 Å². The van der Waals surface area contributed by atoms with Crippen LogP contribution in [0.5, 0.6) is 0 Å². The van der Waals surface area contributed by atoms with Crippen molar-refractivity contribution in [3.05, 3.63) is 66.7 Å². The van der Waals surface area contributed by atoms with Crippen LogP contribution in [0.1, 0.15) is 18.5 Å². The first-order valence-corrected chi connectivity index (χ1v) is 8.56. The van der Waals surface area contributed by atoms with Crippen molar-refractivity contribution >= 4 is 28.2 Å². The fourth-order valence-electron chi connectivity index (χ4n) is 3.09. The van der Waals surface area contributed by atoms with Crippen LogP contribution in [-0.2, 0) is 0 Å². The van der Waals surface area contributed by atoms with Gasteiger partial charge in [0.25, 0.3) is 0 Å². The molecule has 0 radical (unpaired) electrons. The van der Waals surface area contributed by atoms with E-state index in [-0.39, 0.29) is 11.9 Å². The van der Waals surface area contributed by atoms with Crippen LogP contribution < -0.4 is 16.8 Å². The van der Waals surface area contributed by atoms with Crippen LogP contribution in [0.15, 0.2) is 61.2 Å². The van der Waals surface area contributed by atoms with Gasteiger partial charge in [0.15, 0.2) is 11.6 Å². The van der Waals surface area contributed by atoms with Crippen molar-refractivity contribution in [2.75, 3.05) is 16.8 Å². The van der Waals surface area contributed by atoms with E-state index in [1.54, 1.807) is 6.20 Å². The lowest BCUT2D eigenvalue weighted by Crippen LogP contribution is -2.13. The third-order valence-electron chi connectivity index (χ3n) is 4.46. The molecule has 0 saturated carbocycles. The Bertz CT molecular complexity index is 1100. The van der Waals surface area contributed by atoms with E-state index in [2.05, 4.69) is 31.3 Å². The highest BCUT2D eigenvalue weighted by atomic mass is 15.1. The number of rotatable bonds is 4. The molecule has 1 atom stereocenters. The molecule has 0 fully saturated rings. The maximum absolute atomic E-state index is 6.01. The summed E-state index contributed by atoms with van der Waals surface area (Å²) in [6.07, 6.45) is 5.04. The largest absolute Gasteiger partial charge is 0.393 e. The second-order valence-corrected chi connectivity index (χ2v) is 6.21. The number of benzene rings is 1. The molecule has 134 valence electrons. The van der Waals surface area contributed by atoms with Gasteiger partial charge in [-0.2, -0.15) is 0 Å². The van der Waals surface area contributed by atoms with Crippen molar-refractivity contribution < 1.29 is 0 Å². The van der Waals surface area contributed by atoms with Gasteiger partial charge < -0.3 is 16.8 Å². The molecule has 0 aliphatic rings. The molecule has 0 aliphatic heterocycles. The summed E-state index contributed by atoms with van der Waals surface area (Å²) >= 11 is 0. The molecular formula is C20H19N7. The molecule has 4 aromatic rings. The Hall–Kier alpha value is -3.74. The molecule has 5 N–H and O–H groups in total. The van der Waals surface area contributed by atoms with Crippen LogP contribution in [0, 0.1) is 0 Å². The van der Waals surface area contributed by atoms with E-state index in [4.69, 9.17) is 11.5 Å². The fraction of sp³-hybridized carbons (Fsp3) is 0.100. The number of aromatic nitrogens is 4. The lowest BCUT2D eigenvalue weighted by atomic mass is 9.96. The standard InChI is InChI=1S/C20H19N7/c1-12(27-20-18(21)19(22)25-11-26-20)14-10-24-15-7-3-2-6-13(15)17(14)16-8-4-5-9-23-16/h2-12H,21H2,1H3,(H3,22,25,26,27)/t12-/m1/s1. The molecule has 1 aromatic carbocycles. The maximum atomic E-state index is 6.01. The first-order valence-electron chi connectivity index (χ1n) is 8.56. The Morgan fingerprint density at radius 1 is 0.926 bits per heavy atom. The molecule has 4 rings (SSSR count). The van der Waals surface area contributed by atoms with Crippen LogP contribution in [0.25, 0.3) is 22.2 Å². The van der Waals surface area contributed by atoms with E-state index < -0.39 is 0 Å². The average molecular weight is 357 g/mol. The molecule has 3 aromatic heterocycles. The Kier molecular flexibility index (Phi) is 4.25. The van der Waals surface area contributed by atoms with Gasteiger partial charge in [0, 0.05) is 28.9 Å². The number of hydrogen-bond donors (Lipinski definition) is 3. The second-order valence-electron chi connectivity index (χ2n) is 6.21. The third-order valence-corrected chi connectivity index (χ3v) is 4.46. The van der Waals surface area contributed by atoms with Crippen LogP contribution in [0.4, 0.5) is 17.3 Å². The lowest BCUT2D eigenvalue weighted by molar-refractivity contribution is 0.870. The monoisotopic (exact) mass is 357 g/mol. The predicted molar refractivity (Wildman–Crippen MR) is 108 cm³/mol. The molecule has 3 heterocycles. The minimum atomic E-state index is -0.129. The zero-order valence-electron chi connectivity index (χ0n) is 14.8. The number of pyridine rings is 2. The van der Waals surface area contributed by atoms with Gasteiger partial charge in [0.1, 0.15) is 12.0 Å². The number of nitrogens with two attached hydrogens (primary N) is 2. The van der Waals surface area contributed by atoms with Crippen molar-refractivity contribution in [2.45, 2.75) is 13.0 Å². The fourth-order valence-corrected chi connectivity index (χ4v) is 3.09. The van der Waals surface area contributed by atoms with Gasteiger partial charge in [-0.15, -0.1) is 0 Å². The van der Waals surface area contributed by atoms with Gasteiger partial charge in [-0.1, -0.05) is 24.3 Å². The molecule has 0 amide bonds. The van der Waals surface area contributed by atoms with Crippen LogP contribution in [0.3, 0.4) is 0 Å². The van der Waals surface area contributed by atoms with Gasteiger partial charge in [0.2, 0.25) is 0 Å². The molecule has 0 unspecified atom stereocenters. The summed E-state index contributed by atoms with van der Waals surface area (Å²) in [6.45, 7) is 2.02. The Morgan fingerprint density at radius 2 is 1.74 bits per heavy atom. The van der Waals surface area contributed by atoms with Crippen molar-refractivity contribution in [1.82, 2.24) is 19.9 Å². The zero-order chi connectivity index (χ0) is 18.8. The first kappa shape index (κ1) is 16.7. The van der Waals surface area contributed by atoms with Gasteiger partial charge in [-0.3, -0.25) is 9.97 Å². The van der Waals surface area contributed by atoms with Crippen LogP contribution in [0.2, 0.25) is 0 Å². The van der Waals surface area contributed by atoms with E-state index in [0.717, 1.165) is 27.7 Å². The summed E-state index contributed by atoms with van der Waals surface area (Å²) in [6, 6.07) is 13.8. The highest BCUT2D eigenvalue weighted by Crippen LogP contribution is 2.35. The minimum absolute atomic E-state index is 0.129. The van der Waals surface area contributed by atoms with E-state index >= 15 is 0 Å². The SMILES string of the molecule is C[C@@H](Nc1ncnc(N)c1N)c1cnc2ccccc2c1-c1ccccn1. The van der Waals surface area contributed by atoms with Crippen molar-refractivity contribution in [3.8, 4) is 11.3 Å². The first-order chi connectivity index (χ1) is 13.1. The Balaban J connectivity index is 1.85. The Morgan fingerprint density at radius 3 is 2.56 bits per heavy atom. The van der Waals surface area contributed by atoms with Gasteiger partial charge in [0.05, 0.1) is 17.3 Å². The lowest BCUT2D eigenvalue weighted by Gasteiger charge is -2.20. The molecule has 0 saturated heterocycles. The summed E-state index contributed by atoms with van der Waals surface area (Å²) in [7, 11) is 0. The number of nitrogens with one attached hydrogen (secondary N) is 1. The third kappa shape index (κ3) is 3.10. The Labute approximate surface area is 156 Å². The van der Waals surface area contributed by atoms with Gasteiger partial charge in [-0.25, -0.2) is 9.97 Å². The maximum Gasteiger partial charge on any atom is 0.155 e. The quantitative estimate of drug-likeness (QED) is 0.512. The molecule has 0 spiro atoms. The number of fused-ring (bicyclic) bond motifs is 1. The van der Waals surface area contributed by atoms with Gasteiger partial charge in [-0.05, 0) is 25.1 Å². The highest BCUT2D eigenvalue weighted by Gasteiger charge is 2.18. The molecule has 0 bridgehead atoms. The topological polar surface area (TPSA) is 116 Å². The summed E-state index contributed by atoms with van der Waals surface area (Å²) in [4.78, 5) is 17.3.